The normalized spacial score (nSPS) is 12.0. The molecule has 160 valence electrons. The van der Waals surface area contributed by atoms with Crippen LogP contribution in [-0.4, -0.2) is 24.2 Å². The standard InChI is InChI=1S/C22H18F4N4O/c1-12-15(5-8-18(20(12)23)30-21(31)19(28-2)9-10-27)17-6-3-13-11-14(22(24,25)26)4-7-16(13)29-17/h3-11,27-28H,1-2H3,(H,30,31)/b19-9-,27-10?. The first-order valence-electron chi connectivity index (χ1n) is 9.13. The van der Waals surface area contributed by atoms with Gasteiger partial charge in [0.25, 0.3) is 5.91 Å². The Hall–Kier alpha value is -3.75. The molecule has 0 fully saturated rings. The van der Waals surface area contributed by atoms with Gasteiger partial charge in [0.2, 0.25) is 0 Å². The molecule has 3 N–H and O–H groups in total. The maximum atomic E-state index is 14.9. The second-order valence-electron chi connectivity index (χ2n) is 6.65. The Balaban J connectivity index is 1.96. The van der Waals surface area contributed by atoms with Gasteiger partial charge in [0.1, 0.15) is 11.5 Å². The van der Waals surface area contributed by atoms with Crippen molar-refractivity contribution < 1.29 is 22.4 Å². The number of aromatic nitrogens is 1. The number of nitrogens with one attached hydrogen (secondary N) is 3. The molecule has 0 saturated heterocycles. The summed E-state index contributed by atoms with van der Waals surface area (Å²) < 4.78 is 53.6. The van der Waals surface area contributed by atoms with Crippen molar-refractivity contribution in [1.82, 2.24) is 10.3 Å². The Morgan fingerprint density at radius 1 is 1.13 bits per heavy atom. The molecule has 0 bridgehead atoms. The molecule has 0 unspecified atom stereocenters. The third-order valence-corrected chi connectivity index (χ3v) is 4.69. The minimum Gasteiger partial charge on any atom is -0.384 e. The number of carbonyl (C=O) groups excluding carboxylic acids is 1. The van der Waals surface area contributed by atoms with Gasteiger partial charge in [0.15, 0.2) is 0 Å². The van der Waals surface area contributed by atoms with Crippen molar-refractivity contribution in [1.29, 1.82) is 5.41 Å². The number of halogens is 4. The number of pyridine rings is 1. The second kappa shape index (κ2) is 8.55. The number of alkyl halides is 3. The first-order chi connectivity index (χ1) is 14.7. The van der Waals surface area contributed by atoms with E-state index in [-0.39, 0.29) is 16.9 Å². The fraction of sp³-hybridized carbons (Fsp3) is 0.136. The van der Waals surface area contributed by atoms with Crippen molar-refractivity contribution in [2.24, 2.45) is 0 Å². The Kier molecular flexibility index (Phi) is 6.05. The van der Waals surface area contributed by atoms with Gasteiger partial charge >= 0.3 is 6.18 Å². The summed E-state index contributed by atoms with van der Waals surface area (Å²) in [5, 5.41) is 12.4. The lowest BCUT2D eigenvalue weighted by atomic mass is 10.0. The average Bonchev–Trinajstić information content (AvgIpc) is 2.74. The van der Waals surface area contributed by atoms with Gasteiger partial charge in [-0.3, -0.25) is 4.79 Å². The van der Waals surface area contributed by atoms with Crippen LogP contribution in [-0.2, 0) is 11.0 Å². The van der Waals surface area contributed by atoms with E-state index in [0.717, 1.165) is 18.3 Å². The lowest BCUT2D eigenvalue weighted by Crippen LogP contribution is -2.23. The predicted molar refractivity (Wildman–Crippen MR) is 111 cm³/mol. The van der Waals surface area contributed by atoms with Gasteiger partial charge in [-0.15, -0.1) is 0 Å². The molecule has 0 aliphatic heterocycles. The van der Waals surface area contributed by atoms with Crippen LogP contribution in [0.15, 0.2) is 54.2 Å². The van der Waals surface area contributed by atoms with Crippen molar-refractivity contribution in [3.8, 4) is 11.3 Å². The van der Waals surface area contributed by atoms with Crippen LogP contribution >= 0.6 is 0 Å². The van der Waals surface area contributed by atoms with Gasteiger partial charge in [0.05, 0.1) is 22.5 Å². The minimum absolute atomic E-state index is 0.0482. The van der Waals surface area contributed by atoms with Crippen LogP contribution in [0.1, 0.15) is 11.1 Å². The number of nitrogens with zero attached hydrogens (tertiary/aromatic N) is 1. The molecule has 0 saturated carbocycles. The van der Waals surface area contributed by atoms with E-state index in [9.17, 15) is 22.4 Å². The largest absolute Gasteiger partial charge is 0.416 e. The van der Waals surface area contributed by atoms with Gasteiger partial charge < -0.3 is 16.0 Å². The number of hydrogen-bond donors (Lipinski definition) is 3. The van der Waals surface area contributed by atoms with Gasteiger partial charge in [0, 0.05) is 24.2 Å². The quantitative estimate of drug-likeness (QED) is 0.301. The monoisotopic (exact) mass is 430 g/mol. The number of amides is 1. The highest BCUT2D eigenvalue weighted by atomic mass is 19.4. The summed E-state index contributed by atoms with van der Waals surface area (Å²) >= 11 is 0. The topological polar surface area (TPSA) is 77.9 Å². The SMILES string of the molecule is CN/C(=C\C=N)C(=O)Nc1ccc(-c2ccc3cc(C(F)(F)F)ccc3n2)c(C)c1F. The Labute approximate surface area is 175 Å². The van der Waals surface area contributed by atoms with Crippen LogP contribution in [0.25, 0.3) is 22.2 Å². The fourth-order valence-corrected chi connectivity index (χ4v) is 3.06. The minimum atomic E-state index is -4.45. The van der Waals surface area contributed by atoms with Crippen LogP contribution in [0.5, 0.6) is 0 Å². The summed E-state index contributed by atoms with van der Waals surface area (Å²) in [6, 6.07) is 9.22. The number of allylic oxidation sites excluding steroid dienone is 1. The van der Waals surface area contributed by atoms with Crippen molar-refractivity contribution in [3.63, 3.8) is 0 Å². The highest BCUT2D eigenvalue weighted by molar-refractivity contribution is 6.05. The van der Waals surface area contributed by atoms with Crippen LogP contribution in [0.3, 0.4) is 0 Å². The van der Waals surface area contributed by atoms with Crippen LogP contribution < -0.4 is 10.6 Å². The number of benzene rings is 2. The summed E-state index contributed by atoms with van der Waals surface area (Å²) in [5.41, 5.74) is 0.674. The van der Waals surface area contributed by atoms with E-state index in [0.29, 0.717) is 22.2 Å². The number of carbonyl (C=O) groups is 1. The molecule has 3 rings (SSSR count). The van der Waals surface area contributed by atoms with E-state index in [1.54, 1.807) is 6.07 Å². The summed E-state index contributed by atoms with van der Waals surface area (Å²) in [5.74, 6) is -1.27. The third-order valence-electron chi connectivity index (χ3n) is 4.69. The smallest absolute Gasteiger partial charge is 0.384 e. The zero-order valence-electron chi connectivity index (χ0n) is 16.6. The molecule has 1 aromatic heterocycles. The van der Waals surface area contributed by atoms with Crippen molar-refractivity contribution in [2.75, 3.05) is 12.4 Å². The first-order valence-corrected chi connectivity index (χ1v) is 9.13. The van der Waals surface area contributed by atoms with Crippen LogP contribution in [0, 0.1) is 18.2 Å². The lowest BCUT2D eigenvalue weighted by Gasteiger charge is -2.13. The maximum absolute atomic E-state index is 14.9. The molecule has 0 spiro atoms. The van der Waals surface area contributed by atoms with Crippen molar-refractivity contribution in [2.45, 2.75) is 13.1 Å². The molecule has 1 amide bonds. The second-order valence-corrected chi connectivity index (χ2v) is 6.65. The van der Waals surface area contributed by atoms with Crippen LogP contribution in [0.4, 0.5) is 23.2 Å². The van der Waals surface area contributed by atoms with E-state index in [1.165, 1.54) is 44.3 Å². The maximum Gasteiger partial charge on any atom is 0.416 e. The Bertz CT molecular complexity index is 1200. The fourth-order valence-electron chi connectivity index (χ4n) is 3.06. The summed E-state index contributed by atoms with van der Waals surface area (Å²) in [4.78, 5) is 16.6. The number of anilines is 1. The molecule has 0 radical (unpaired) electrons. The average molecular weight is 430 g/mol. The van der Waals surface area contributed by atoms with E-state index in [1.807, 2.05) is 0 Å². The summed E-state index contributed by atoms with van der Waals surface area (Å²) in [6.07, 6.45) is -2.29. The summed E-state index contributed by atoms with van der Waals surface area (Å²) in [7, 11) is 1.50. The van der Waals surface area contributed by atoms with E-state index in [4.69, 9.17) is 5.41 Å². The number of fused-ring (bicyclic) bond motifs is 1. The van der Waals surface area contributed by atoms with E-state index >= 15 is 0 Å². The molecule has 2 aromatic carbocycles. The molecular formula is C22H18F4N4O. The lowest BCUT2D eigenvalue weighted by molar-refractivity contribution is -0.137. The highest BCUT2D eigenvalue weighted by Crippen LogP contribution is 2.33. The Morgan fingerprint density at radius 3 is 2.52 bits per heavy atom. The molecule has 31 heavy (non-hydrogen) atoms. The van der Waals surface area contributed by atoms with Crippen molar-refractivity contribution >= 4 is 28.7 Å². The van der Waals surface area contributed by atoms with Gasteiger partial charge in [-0.05, 0) is 48.9 Å². The van der Waals surface area contributed by atoms with Gasteiger partial charge in [-0.25, -0.2) is 9.37 Å². The number of likely N-dealkylation sites (N-methyl/N-ethyl adjacent to an activating group) is 1. The molecule has 3 aromatic rings. The number of hydrogen-bond acceptors (Lipinski definition) is 4. The van der Waals surface area contributed by atoms with E-state index in [2.05, 4.69) is 15.6 Å². The molecule has 1 heterocycles. The molecule has 0 atom stereocenters. The number of rotatable bonds is 5. The molecular weight excluding hydrogens is 412 g/mol. The molecule has 0 aliphatic carbocycles. The zero-order chi connectivity index (χ0) is 22.8. The van der Waals surface area contributed by atoms with Gasteiger partial charge in [-0.1, -0.05) is 12.1 Å². The van der Waals surface area contributed by atoms with Crippen LogP contribution in [0.2, 0.25) is 0 Å². The molecule has 0 aliphatic rings. The predicted octanol–water partition coefficient (Wildman–Crippen LogP) is 5.06. The third kappa shape index (κ3) is 4.55. The van der Waals surface area contributed by atoms with Crippen molar-refractivity contribution in [3.05, 3.63) is 71.2 Å². The zero-order valence-corrected chi connectivity index (χ0v) is 16.6. The first kappa shape index (κ1) is 21.9. The molecule has 5 nitrogen and oxygen atoms in total. The van der Waals surface area contributed by atoms with Gasteiger partial charge in [-0.2, -0.15) is 13.2 Å². The Morgan fingerprint density at radius 2 is 1.87 bits per heavy atom. The van der Waals surface area contributed by atoms with E-state index < -0.39 is 23.5 Å². The summed E-state index contributed by atoms with van der Waals surface area (Å²) in [6.45, 7) is 1.52. The highest BCUT2D eigenvalue weighted by Gasteiger charge is 2.30. The molecule has 9 heteroatoms.